The van der Waals surface area contributed by atoms with E-state index in [-0.39, 0.29) is 5.91 Å². The Morgan fingerprint density at radius 1 is 1.53 bits per heavy atom. The zero-order valence-electron chi connectivity index (χ0n) is 10.2. The number of rotatable bonds is 4. The van der Waals surface area contributed by atoms with E-state index in [1.54, 1.807) is 27.0 Å². The highest BCUT2D eigenvalue weighted by Gasteiger charge is 2.26. The van der Waals surface area contributed by atoms with Gasteiger partial charge in [0.25, 0.3) is 0 Å². The summed E-state index contributed by atoms with van der Waals surface area (Å²) in [7, 11) is 1.58. The van der Waals surface area contributed by atoms with Crippen LogP contribution in [0.25, 0.3) is 0 Å². The Kier molecular flexibility index (Phi) is 4.54. The lowest BCUT2D eigenvalue weighted by molar-refractivity contribution is -0.123. The summed E-state index contributed by atoms with van der Waals surface area (Å²) in [6.07, 6.45) is 0. The molecule has 4 nitrogen and oxygen atoms in total. The maximum Gasteiger partial charge on any atom is 0.231 e. The standard InChI is InChI=1S/C12H17BrN2O2/c1-12(2,7-14)11(16)15-10-6-8(17-3)4-5-9(10)13/h4-6H,7,14H2,1-3H3,(H,15,16). The number of anilines is 1. The first kappa shape index (κ1) is 14.0. The number of nitrogens with one attached hydrogen (secondary N) is 1. The summed E-state index contributed by atoms with van der Waals surface area (Å²) in [6.45, 7) is 3.90. The van der Waals surface area contributed by atoms with E-state index in [4.69, 9.17) is 10.5 Å². The molecule has 1 aromatic carbocycles. The Balaban J connectivity index is 2.91. The number of halogens is 1. The maximum atomic E-state index is 12.0. The van der Waals surface area contributed by atoms with Crippen LogP contribution in [0.3, 0.4) is 0 Å². The first-order valence-corrected chi connectivity index (χ1v) is 6.05. The quantitative estimate of drug-likeness (QED) is 0.897. The average molecular weight is 301 g/mol. The summed E-state index contributed by atoms with van der Waals surface area (Å²) in [5, 5.41) is 2.83. The minimum Gasteiger partial charge on any atom is -0.497 e. The number of methoxy groups -OCH3 is 1. The van der Waals surface area contributed by atoms with Gasteiger partial charge in [0.05, 0.1) is 18.2 Å². The minimum atomic E-state index is -0.595. The number of hydrogen-bond acceptors (Lipinski definition) is 3. The number of benzene rings is 1. The van der Waals surface area contributed by atoms with Gasteiger partial charge in [-0.05, 0) is 41.9 Å². The number of amides is 1. The molecule has 0 radical (unpaired) electrons. The van der Waals surface area contributed by atoms with Crippen LogP contribution in [0.1, 0.15) is 13.8 Å². The van der Waals surface area contributed by atoms with Gasteiger partial charge in [0.2, 0.25) is 5.91 Å². The van der Waals surface area contributed by atoms with Gasteiger partial charge in [-0.2, -0.15) is 0 Å². The van der Waals surface area contributed by atoms with Crippen molar-refractivity contribution in [3.63, 3.8) is 0 Å². The first-order chi connectivity index (χ1) is 7.90. The summed E-state index contributed by atoms with van der Waals surface area (Å²) < 4.78 is 5.91. The van der Waals surface area contributed by atoms with Crippen molar-refractivity contribution >= 4 is 27.5 Å². The van der Waals surface area contributed by atoms with Crippen LogP contribution < -0.4 is 15.8 Å². The van der Waals surface area contributed by atoms with E-state index in [9.17, 15) is 4.79 Å². The van der Waals surface area contributed by atoms with Crippen molar-refractivity contribution in [2.75, 3.05) is 19.0 Å². The van der Waals surface area contributed by atoms with Crippen molar-refractivity contribution < 1.29 is 9.53 Å². The molecule has 0 heterocycles. The summed E-state index contributed by atoms with van der Waals surface area (Å²) in [5.74, 6) is 0.572. The second-order valence-electron chi connectivity index (χ2n) is 4.39. The predicted octanol–water partition coefficient (Wildman–Crippen LogP) is 2.38. The Labute approximate surface area is 110 Å². The molecule has 0 atom stereocenters. The molecule has 0 spiro atoms. The summed E-state index contributed by atoms with van der Waals surface area (Å²) in [4.78, 5) is 12.0. The van der Waals surface area contributed by atoms with Crippen LogP contribution in [-0.4, -0.2) is 19.6 Å². The number of ether oxygens (including phenoxy) is 1. The van der Waals surface area contributed by atoms with Crippen LogP contribution in [-0.2, 0) is 4.79 Å². The molecule has 0 aliphatic rings. The largest absolute Gasteiger partial charge is 0.497 e. The van der Waals surface area contributed by atoms with Crippen LogP contribution >= 0.6 is 15.9 Å². The predicted molar refractivity (Wildman–Crippen MR) is 72.2 cm³/mol. The van der Waals surface area contributed by atoms with Gasteiger partial charge in [0.1, 0.15) is 5.75 Å². The third-order valence-electron chi connectivity index (χ3n) is 2.55. The summed E-state index contributed by atoms with van der Waals surface area (Å²) in [6, 6.07) is 5.40. The van der Waals surface area contributed by atoms with E-state index in [0.717, 1.165) is 4.47 Å². The van der Waals surface area contributed by atoms with Crippen molar-refractivity contribution in [1.82, 2.24) is 0 Å². The van der Waals surface area contributed by atoms with Gasteiger partial charge in [0.15, 0.2) is 0 Å². The average Bonchev–Trinajstić information content (AvgIpc) is 2.31. The van der Waals surface area contributed by atoms with E-state index in [0.29, 0.717) is 18.0 Å². The summed E-state index contributed by atoms with van der Waals surface area (Å²) >= 11 is 3.38. The molecule has 94 valence electrons. The monoisotopic (exact) mass is 300 g/mol. The molecule has 1 rings (SSSR count). The van der Waals surface area contributed by atoms with Gasteiger partial charge in [-0.3, -0.25) is 4.79 Å². The van der Waals surface area contributed by atoms with E-state index in [1.165, 1.54) is 0 Å². The van der Waals surface area contributed by atoms with Crippen LogP contribution in [0.5, 0.6) is 5.75 Å². The fourth-order valence-corrected chi connectivity index (χ4v) is 1.46. The lowest BCUT2D eigenvalue weighted by Gasteiger charge is -2.21. The number of carbonyl (C=O) groups is 1. The first-order valence-electron chi connectivity index (χ1n) is 5.26. The third kappa shape index (κ3) is 3.44. The van der Waals surface area contributed by atoms with Crippen molar-refractivity contribution in [2.24, 2.45) is 11.1 Å². The van der Waals surface area contributed by atoms with Crippen LogP contribution in [0.2, 0.25) is 0 Å². The van der Waals surface area contributed by atoms with Crippen molar-refractivity contribution in [3.8, 4) is 5.75 Å². The molecule has 3 N–H and O–H groups in total. The van der Waals surface area contributed by atoms with Crippen LogP contribution in [0, 0.1) is 5.41 Å². The molecule has 0 unspecified atom stereocenters. The van der Waals surface area contributed by atoms with Gasteiger partial charge in [-0.25, -0.2) is 0 Å². The Bertz CT molecular complexity index is 419. The number of nitrogens with two attached hydrogens (primary N) is 1. The van der Waals surface area contributed by atoms with Gasteiger partial charge in [-0.1, -0.05) is 0 Å². The normalized spacial score (nSPS) is 11.1. The molecule has 0 aromatic heterocycles. The van der Waals surface area contributed by atoms with E-state index < -0.39 is 5.41 Å². The second-order valence-corrected chi connectivity index (χ2v) is 5.24. The van der Waals surface area contributed by atoms with E-state index in [2.05, 4.69) is 21.2 Å². The van der Waals surface area contributed by atoms with E-state index >= 15 is 0 Å². The van der Waals surface area contributed by atoms with E-state index in [1.807, 2.05) is 12.1 Å². The molecule has 0 saturated carbocycles. The molecule has 5 heteroatoms. The van der Waals surface area contributed by atoms with Gasteiger partial charge in [0, 0.05) is 17.1 Å². The fourth-order valence-electron chi connectivity index (χ4n) is 1.11. The zero-order chi connectivity index (χ0) is 13.1. The Hall–Kier alpha value is -1.07. The summed E-state index contributed by atoms with van der Waals surface area (Å²) in [5.41, 5.74) is 5.64. The van der Waals surface area contributed by atoms with Crippen LogP contribution in [0.4, 0.5) is 5.69 Å². The van der Waals surface area contributed by atoms with Gasteiger partial charge in [-0.15, -0.1) is 0 Å². The third-order valence-corrected chi connectivity index (χ3v) is 3.24. The number of carbonyl (C=O) groups excluding carboxylic acids is 1. The van der Waals surface area contributed by atoms with Crippen LogP contribution in [0.15, 0.2) is 22.7 Å². The van der Waals surface area contributed by atoms with Crippen molar-refractivity contribution in [1.29, 1.82) is 0 Å². The highest BCUT2D eigenvalue weighted by molar-refractivity contribution is 9.10. The fraction of sp³-hybridized carbons (Fsp3) is 0.417. The minimum absolute atomic E-state index is 0.117. The Morgan fingerprint density at radius 3 is 2.71 bits per heavy atom. The highest BCUT2D eigenvalue weighted by atomic mass is 79.9. The molecule has 0 bridgehead atoms. The highest BCUT2D eigenvalue weighted by Crippen LogP contribution is 2.28. The molecule has 0 fully saturated rings. The second kappa shape index (κ2) is 5.51. The van der Waals surface area contributed by atoms with Gasteiger partial charge >= 0.3 is 0 Å². The number of hydrogen-bond donors (Lipinski definition) is 2. The Morgan fingerprint density at radius 2 is 2.18 bits per heavy atom. The lowest BCUT2D eigenvalue weighted by atomic mass is 9.92. The molecular weight excluding hydrogens is 284 g/mol. The SMILES string of the molecule is COc1ccc(Br)c(NC(=O)C(C)(C)CN)c1. The van der Waals surface area contributed by atoms with Crippen molar-refractivity contribution in [3.05, 3.63) is 22.7 Å². The molecular formula is C12H17BrN2O2. The smallest absolute Gasteiger partial charge is 0.231 e. The lowest BCUT2D eigenvalue weighted by Crippen LogP contribution is -2.37. The van der Waals surface area contributed by atoms with Gasteiger partial charge < -0.3 is 15.8 Å². The molecule has 0 saturated heterocycles. The topological polar surface area (TPSA) is 64.3 Å². The maximum absolute atomic E-state index is 12.0. The van der Waals surface area contributed by atoms with Crippen molar-refractivity contribution in [2.45, 2.75) is 13.8 Å². The zero-order valence-corrected chi connectivity index (χ0v) is 11.8. The molecule has 0 aliphatic carbocycles. The molecule has 1 aromatic rings. The molecule has 17 heavy (non-hydrogen) atoms. The molecule has 0 aliphatic heterocycles. The molecule has 1 amide bonds.